The second kappa shape index (κ2) is 8.26. The van der Waals surface area contributed by atoms with Gasteiger partial charge in [0.25, 0.3) is 12.0 Å². The summed E-state index contributed by atoms with van der Waals surface area (Å²) in [4.78, 5) is 24.2. The van der Waals surface area contributed by atoms with E-state index in [9.17, 15) is 22.8 Å². The Morgan fingerprint density at radius 2 is 2.29 bits per heavy atom. The van der Waals surface area contributed by atoms with Gasteiger partial charge >= 0.3 is 0 Å². The third-order valence-corrected chi connectivity index (χ3v) is 5.25. The average molecular weight is 385 g/mol. The largest absolute Gasteiger partial charge is 0.380 e. The molecule has 0 aliphatic carbocycles. The molecule has 3 atom stereocenters. The minimum absolute atomic E-state index is 0.0216. The van der Waals surface area contributed by atoms with E-state index in [1.165, 1.54) is 13.2 Å². The first-order chi connectivity index (χ1) is 11.3. The van der Waals surface area contributed by atoms with E-state index >= 15 is 0 Å². The molecule has 10 heteroatoms. The van der Waals surface area contributed by atoms with Crippen molar-refractivity contribution in [1.82, 2.24) is 4.57 Å². The molecule has 3 unspecified atom stereocenters. The maximum atomic E-state index is 13.4. The highest BCUT2D eigenvalue weighted by Gasteiger charge is 2.37. The summed E-state index contributed by atoms with van der Waals surface area (Å²) in [5, 5.41) is 1.84. The number of carbonyl (C=O) groups excluding carboxylic acids is 1. The fraction of sp³-hybridized carbons (Fsp3) is 0.571. The molecule has 5 nitrogen and oxygen atoms in total. The number of alkyl halides is 4. The first-order valence-electron chi connectivity index (χ1n) is 7.06. The number of nitrogens with one attached hydrogen (secondary N) is 1. The quantitative estimate of drug-likeness (QED) is 0.766. The lowest BCUT2D eigenvalue weighted by atomic mass is 10.2. The van der Waals surface area contributed by atoms with Crippen molar-refractivity contribution in [2.24, 2.45) is 0 Å². The highest BCUT2D eigenvalue weighted by molar-refractivity contribution is 8.02. The Morgan fingerprint density at radius 3 is 2.83 bits per heavy atom. The van der Waals surface area contributed by atoms with Crippen LogP contribution in [-0.2, 0) is 22.7 Å². The van der Waals surface area contributed by atoms with Crippen molar-refractivity contribution < 1.29 is 22.7 Å². The number of halogens is 4. The molecule has 24 heavy (non-hydrogen) atoms. The number of rotatable bonds is 6. The Hall–Kier alpha value is -1.19. The second-order valence-corrected chi connectivity index (χ2v) is 7.33. The number of ether oxygens (including phenoxy) is 1. The molecular formula is C14H16ClF3N2O3S. The number of hydrogen-bond acceptors (Lipinski definition) is 4. The molecule has 0 bridgehead atoms. The standard InChI is InChI=1S/C14H16ClF3N2O3S/c1-23-6-7-2-8(4-20(14(7)22)5-11(17)18)19-13(21)10-3-9(16)12(15)24-10/h2,4,9-12H,3,5-6H2,1H3,(H,19,21). The zero-order valence-corrected chi connectivity index (χ0v) is 14.2. The van der Waals surface area contributed by atoms with Gasteiger partial charge in [-0.15, -0.1) is 23.4 Å². The van der Waals surface area contributed by atoms with Crippen LogP contribution in [0.5, 0.6) is 0 Å². The molecule has 0 saturated carbocycles. The lowest BCUT2D eigenvalue weighted by molar-refractivity contribution is -0.115. The number of methoxy groups -OCH3 is 1. The third kappa shape index (κ3) is 4.67. The summed E-state index contributed by atoms with van der Waals surface area (Å²) in [6.45, 7) is -0.881. The van der Waals surface area contributed by atoms with Crippen molar-refractivity contribution in [1.29, 1.82) is 0 Å². The van der Waals surface area contributed by atoms with Crippen LogP contribution in [0.15, 0.2) is 17.1 Å². The van der Waals surface area contributed by atoms with Crippen molar-refractivity contribution in [3.63, 3.8) is 0 Å². The molecule has 134 valence electrons. The number of anilines is 1. The highest BCUT2D eigenvalue weighted by Crippen LogP contribution is 2.38. The van der Waals surface area contributed by atoms with Gasteiger partial charge in [0.15, 0.2) is 0 Å². The smallest absolute Gasteiger partial charge is 0.256 e. The number of amides is 1. The fourth-order valence-electron chi connectivity index (χ4n) is 2.31. The molecule has 1 fully saturated rings. The molecule has 0 aromatic carbocycles. The molecule has 1 aliphatic heterocycles. The zero-order valence-electron chi connectivity index (χ0n) is 12.7. The van der Waals surface area contributed by atoms with Crippen molar-refractivity contribution in [2.75, 3.05) is 12.4 Å². The molecule has 1 saturated heterocycles. The number of nitrogens with zero attached hydrogens (tertiary/aromatic N) is 1. The summed E-state index contributed by atoms with van der Waals surface area (Å²) in [6, 6.07) is 1.36. The van der Waals surface area contributed by atoms with Crippen molar-refractivity contribution in [3.05, 3.63) is 28.2 Å². The van der Waals surface area contributed by atoms with Crippen molar-refractivity contribution in [3.8, 4) is 0 Å². The van der Waals surface area contributed by atoms with Crippen LogP contribution >= 0.6 is 23.4 Å². The minimum Gasteiger partial charge on any atom is -0.380 e. The molecule has 2 rings (SSSR count). The van der Waals surface area contributed by atoms with E-state index in [4.69, 9.17) is 16.3 Å². The van der Waals surface area contributed by atoms with Crippen LogP contribution in [0, 0.1) is 0 Å². The molecule has 1 aliphatic rings. The molecular weight excluding hydrogens is 369 g/mol. The predicted molar refractivity (Wildman–Crippen MR) is 86.6 cm³/mol. The summed E-state index contributed by atoms with van der Waals surface area (Å²) in [5.41, 5.74) is -0.315. The first-order valence-corrected chi connectivity index (χ1v) is 8.44. The number of carbonyl (C=O) groups is 1. The predicted octanol–water partition coefficient (Wildman–Crippen LogP) is 2.61. The monoisotopic (exact) mass is 384 g/mol. The second-order valence-electron chi connectivity index (χ2n) is 5.25. The maximum Gasteiger partial charge on any atom is 0.256 e. The van der Waals surface area contributed by atoms with Crippen LogP contribution in [0.25, 0.3) is 0 Å². The van der Waals surface area contributed by atoms with E-state index in [-0.39, 0.29) is 24.3 Å². The highest BCUT2D eigenvalue weighted by atomic mass is 35.5. The Bertz CT molecular complexity index is 649. The Labute approximate surface area is 145 Å². The Balaban J connectivity index is 2.21. The van der Waals surface area contributed by atoms with Gasteiger partial charge in [-0.25, -0.2) is 13.2 Å². The van der Waals surface area contributed by atoms with Crippen LogP contribution in [0.2, 0.25) is 0 Å². The molecule has 1 N–H and O–H groups in total. The fourth-order valence-corrected chi connectivity index (χ4v) is 3.86. The lowest BCUT2D eigenvalue weighted by Crippen LogP contribution is -2.29. The van der Waals surface area contributed by atoms with E-state index in [0.717, 1.165) is 22.5 Å². The van der Waals surface area contributed by atoms with E-state index in [2.05, 4.69) is 5.32 Å². The van der Waals surface area contributed by atoms with Gasteiger partial charge < -0.3 is 14.6 Å². The van der Waals surface area contributed by atoms with Gasteiger partial charge in [0, 0.05) is 25.3 Å². The van der Waals surface area contributed by atoms with Crippen LogP contribution in [-0.4, -0.2) is 40.1 Å². The minimum atomic E-state index is -2.72. The number of aromatic nitrogens is 1. The van der Waals surface area contributed by atoms with Gasteiger partial charge in [-0.1, -0.05) is 0 Å². The van der Waals surface area contributed by atoms with Gasteiger partial charge in [0.2, 0.25) is 5.91 Å². The number of thioether (sulfide) groups is 1. The van der Waals surface area contributed by atoms with E-state index in [0.29, 0.717) is 0 Å². The third-order valence-electron chi connectivity index (χ3n) is 3.37. The van der Waals surface area contributed by atoms with Crippen LogP contribution in [0.3, 0.4) is 0 Å². The van der Waals surface area contributed by atoms with Gasteiger partial charge in [0.05, 0.1) is 24.1 Å². The van der Waals surface area contributed by atoms with Gasteiger partial charge in [-0.3, -0.25) is 9.59 Å². The summed E-state index contributed by atoms with van der Waals surface area (Å²) < 4.78 is 43.5. The molecule has 1 amide bonds. The van der Waals surface area contributed by atoms with Crippen LogP contribution < -0.4 is 10.9 Å². The van der Waals surface area contributed by atoms with Crippen molar-refractivity contribution in [2.45, 2.75) is 42.1 Å². The van der Waals surface area contributed by atoms with Gasteiger partial charge in [-0.2, -0.15) is 0 Å². The first kappa shape index (κ1) is 19.1. The normalized spacial score (nSPS) is 23.7. The lowest BCUT2D eigenvalue weighted by Gasteiger charge is -2.14. The topological polar surface area (TPSA) is 60.3 Å². The zero-order chi connectivity index (χ0) is 17.9. The van der Waals surface area contributed by atoms with Gasteiger partial charge in [0.1, 0.15) is 10.9 Å². The summed E-state index contributed by atoms with van der Waals surface area (Å²) >= 11 is 6.74. The number of hydrogen-bond donors (Lipinski definition) is 1. The van der Waals surface area contributed by atoms with Gasteiger partial charge in [-0.05, 0) is 6.07 Å². The Kier molecular flexibility index (Phi) is 6.59. The molecule has 2 heterocycles. The summed E-state index contributed by atoms with van der Waals surface area (Å²) in [5.74, 6) is -0.489. The molecule has 1 aromatic rings. The van der Waals surface area contributed by atoms with Crippen molar-refractivity contribution >= 4 is 35.0 Å². The molecule has 1 aromatic heterocycles. The summed E-state index contributed by atoms with van der Waals surface area (Å²) in [7, 11) is 1.36. The SMILES string of the molecule is COCc1cc(NC(=O)C2CC(F)C(Cl)S2)cn(CC(F)F)c1=O. The molecule has 0 spiro atoms. The van der Waals surface area contributed by atoms with E-state index < -0.39 is 40.6 Å². The summed E-state index contributed by atoms with van der Waals surface area (Å²) in [6.07, 6.45) is -2.90. The number of pyridine rings is 1. The average Bonchev–Trinajstić information content (AvgIpc) is 2.83. The van der Waals surface area contributed by atoms with E-state index in [1.807, 2.05) is 0 Å². The van der Waals surface area contributed by atoms with E-state index in [1.54, 1.807) is 0 Å². The Morgan fingerprint density at radius 1 is 1.58 bits per heavy atom. The molecule has 0 radical (unpaired) electrons. The maximum absolute atomic E-state index is 13.4. The van der Waals surface area contributed by atoms with Crippen LogP contribution in [0.4, 0.5) is 18.9 Å². The van der Waals surface area contributed by atoms with Crippen LogP contribution in [0.1, 0.15) is 12.0 Å².